The van der Waals surface area contributed by atoms with Crippen LogP contribution in [-0.2, 0) is 9.59 Å². The third kappa shape index (κ3) is 14.2. The Morgan fingerprint density at radius 1 is 0.800 bits per heavy atom. The summed E-state index contributed by atoms with van der Waals surface area (Å²) in [6.07, 6.45) is -0.575. The molecule has 0 saturated heterocycles. The summed E-state index contributed by atoms with van der Waals surface area (Å²) in [5, 5.41) is 57.4. The van der Waals surface area contributed by atoms with Crippen LogP contribution >= 0.6 is 0 Å². The Hall–Kier alpha value is -3.92. The Morgan fingerprint density at radius 2 is 1.17 bits per heavy atom. The standard InChI is InChI=1S/C12H16N4O4.C5H8N4O/c1-11(7-13,5-3-9(17)18)15-16-12(2,8-14)6-4-10(19)20;1-5(2,3-6)9-8-4(7)10/h3-6H2,1-2H3,(H,17,18)(H,19,20);1-2H3,(H2,7,10). The van der Waals surface area contributed by atoms with E-state index in [9.17, 15) is 14.4 Å². The number of hydrogen-bond donors (Lipinski definition) is 3. The molecule has 0 fully saturated rings. The Morgan fingerprint density at radius 3 is 1.40 bits per heavy atom. The zero-order valence-corrected chi connectivity index (χ0v) is 17.2. The molecule has 0 aliphatic heterocycles. The summed E-state index contributed by atoms with van der Waals surface area (Å²) in [7, 11) is 0. The van der Waals surface area contributed by atoms with Crippen LogP contribution in [-0.4, -0.2) is 44.8 Å². The number of nitrogens with zero attached hydrogens (tertiary/aromatic N) is 7. The van der Waals surface area contributed by atoms with Gasteiger partial charge in [0.1, 0.15) is 0 Å². The first kappa shape index (κ1) is 28.3. The molecular formula is C17H24N8O5. The number of urea groups is 1. The molecule has 30 heavy (non-hydrogen) atoms. The van der Waals surface area contributed by atoms with Gasteiger partial charge in [0, 0.05) is 12.8 Å². The highest BCUT2D eigenvalue weighted by Crippen LogP contribution is 2.23. The molecule has 0 rings (SSSR count). The molecule has 0 bridgehead atoms. The van der Waals surface area contributed by atoms with E-state index in [1.54, 1.807) is 0 Å². The van der Waals surface area contributed by atoms with E-state index in [0.29, 0.717) is 0 Å². The number of carboxylic acid groups (broad SMARTS) is 2. The Balaban J connectivity index is 0. The molecule has 0 aromatic rings. The number of azo groups is 2. The van der Waals surface area contributed by atoms with Crippen LogP contribution in [0.3, 0.4) is 0 Å². The molecule has 4 N–H and O–H groups in total. The minimum Gasteiger partial charge on any atom is -0.481 e. The molecule has 0 aromatic carbocycles. The molecule has 13 nitrogen and oxygen atoms in total. The lowest BCUT2D eigenvalue weighted by atomic mass is 9.97. The van der Waals surface area contributed by atoms with Crippen molar-refractivity contribution in [2.75, 3.05) is 0 Å². The quantitative estimate of drug-likeness (QED) is 0.467. The molecule has 0 saturated carbocycles. The second-order valence-electron chi connectivity index (χ2n) is 6.97. The van der Waals surface area contributed by atoms with Crippen molar-refractivity contribution in [2.24, 2.45) is 26.2 Å². The number of nitriles is 3. The topological polar surface area (TPSA) is 238 Å². The number of hydrogen-bond acceptors (Lipinski definition) is 9. The normalized spacial score (nSPS) is 14.8. The SMILES string of the molecule is CC(C#N)(CCC(=O)O)N=NC(C)(C#N)CCC(=O)O.CC(C)(C#N)N=NC(N)=O. The lowest BCUT2D eigenvalue weighted by Crippen LogP contribution is -2.25. The van der Waals surface area contributed by atoms with Crippen LogP contribution in [0.2, 0.25) is 0 Å². The molecule has 0 aromatic heterocycles. The predicted molar refractivity (Wildman–Crippen MR) is 101 cm³/mol. The van der Waals surface area contributed by atoms with Gasteiger partial charge in [-0.25, -0.2) is 4.79 Å². The van der Waals surface area contributed by atoms with Crippen LogP contribution in [0.1, 0.15) is 53.4 Å². The summed E-state index contributed by atoms with van der Waals surface area (Å²) < 4.78 is 0. The van der Waals surface area contributed by atoms with Crippen LogP contribution in [0.15, 0.2) is 20.5 Å². The van der Waals surface area contributed by atoms with E-state index >= 15 is 0 Å². The fourth-order valence-corrected chi connectivity index (χ4v) is 1.37. The van der Waals surface area contributed by atoms with E-state index < -0.39 is 34.6 Å². The average Bonchev–Trinajstić information content (AvgIpc) is 2.68. The zero-order chi connectivity index (χ0) is 24.0. The molecule has 2 amide bonds. The maximum absolute atomic E-state index is 10.5. The third-order valence-corrected chi connectivity index (χ3v) is 3.30. The van der Waals surface area contributed by atoms with Gasteiger partial charge in [-0.15, -0.1) is 0 Å². The smallest absolute Gasteiger partial charge is 0.356 e. The van der Waals surface area contributed by atoms with Crippen molar-refractivity contribution in [2.45, 2.75) is 70.0 Å². The average molecular weight is 420 g/mol. The molecule has 2 unspecified atom stereocenters. The van der Waals surface area contributed by atoms with Crippen molar-refractivity contribution in [1.82, 2.24) is 0 Å². The Bertz CT molecular complexity index is 773. The Kier molecular flexibility index (Phi) is 11.8. The summed E-state index contributed by atoms with van der Waals surface area (Å²) in [5.41, 5.74) is 0.987. The first-order chi connectivity index (χ1) is 13.6. The molecule has 0 spiro atoms. The van der Waals surface area contributed by atoms with E-state index in [2.05, 4.69) is 26.2 Å². The molecule has 0 aliphatic carbocycles. The monoisotopic (exact) mass is 420 g/mol. The van der Waals surface area contributed by atoms with Gasteiger partial charge in [-0.2, -0.15) is 31.1 Å². The summed E-state index contributed by atoms with van der Waals surface area (Å²) in [6, 6.07) is 4.63. The number of primary amides is 1. The second kappa shape index (κ2) is 12.5. The van der Waals surface area contributed by atoms with E-state index in [1.807, 2.05) is 18.2 Å². The van der Waals surface area contributed by atoms with Crippen molar-refractivity contribution in [3.8, 4) is 18.2 Å². The van der Waals surface area contributed by atoms with Gasteiger partial charge in [0.05, 0.1) is 18.2 Å². The fraction of sp³-hybridized carbons (Fsp3) is 0.647. The highest BCUT2D eigenvalue weighted by Gasteiger charge is 2.29. The van der Waals surface area contributed by atoms with Gasteiger partial charge in [0.2, 0.25) is 0 Å². The van der Waals surface area contributed by atoms with E-state index in [4.69, 9.17) is 26.0 Å². The van der Waals surface area contributed by atoms with Gasteiger partial charge in [0.25, 0.3) is 0 Å². The summed E-state index contributed by atoms with van der Waals surface area (Å²) in [5.74, 6) is -2.12. The van der Waals surface area contributed by atoms with Crippen molar-refractivity contribution in [3.63, 3.8) is 0 Å². The van der Waals surface area contributed by atoms with E-state index in [1.165, 1.54) is 27.7 Å². The van der Waals surface area contributed by atoms with Crippen LogP contribution in [0.4, 0.5) is 4.79 Å². The largest absolute Gasteiger partial charge is 0.481 e. The minimum absolute atomic E-state index is 0.0389. The number of rotatable bonds is 9. The first-order valence-electron chi connectivity index (χ1n) is 8.48. The zero-order valence-electron chi connectivity index (χ0n) is 17.2. The van der Waals surface area contributed by atoms with Gasteiger partial charge in [0.15, 0.2) is 16.6 Å². The van der Waals surface area contributed by atoms with Gasteiger partial charge in [-0.1, -0.05) is 5.11 Å². The van der Waals surface area contributed by atoms with Crippen molar-refractivity contribution in [1.29, 1.82) is 15.8 Å². The van der Waals surface area contributed by atoms with E-state index in [-0.39, 0.29) is 25.7 Å². The van der Waals surface area contributed by atoms with E-state index in [0.717, 1.165) is 0 Å². The van der Waals surface area contributed by atoms with Crippen LogP contribution in [0.25, 0.3) is 0 Å². The molecule has 2 atom stereocenters. The Labute approximate surface area is 173 Å². The number of aliphatic carboxylic acids is 2. The van der Waals surface area contributed by atoms with Gasteiger partial charge in [-0.3, -0.25) is 9.59 Å². The van der Waals surface area contributed by atoms with Gasteiger partial charge in [-0.05, 0) is 40.5 Å². The molecule has 0 aliphatic rings. The molecule has 0 radical (unpaired) electrons. The lowest BCUT2D eigenvalue weighted by Gasteiger charge is -2.18. The summed E-state index contributed by atoms with van der Waals surface area (Å²) in [4.78, 5) is 31.0. The van der Waals surface area contributed by atoms with Crippen LogP contribution in [0, 0.1) is 34.0 Å². The fourth-order valence-electron chi connectivity index (χ4n) is 1.37. The number of carbonyl (C=O) groups is 3. The highest BCUT2D eigenvalue weighted by atomic mass is 16.4. The second-order valence-corrected chi connectivity index (χ2v) is 6.97. The van der Waals surface area contributed by atoms with Crippen LogP contribution in [0.5, 0.6) is 0 Å². The summed E-state index contributed by atoms with van der Waals surface area (Å²) in [6.45, 7) is 5.88. The van der Waals surface area contributed by atoms with Gasteiger partial charge >= 0.3 is 18.0 Å². The van der Waals surface area contributed by atoms with Gasteiger partial charge < -0.3 is 15.9 Å². The molecular weight excluding hydrogens is 396 g/mol. The highest BCUT2D eigenvalue weighted by molar-refractivity contribution is 5.71. The van der Waals surface area contributed by atoms with Crippen molar-refractivity contribution < 1.29 is 24.6 Å². The number of nitrogens with two attached hydrogens (primary N) is 1. The van der Waals surface area contributed by atoms with Crippen molar-refractivity contribution >= 4 is 18.0 Å². The van der Waals surface area contributed by atoms with Crippen LogP contribution < -0.4 is 5.73 Å². The lowest BCUT2D eigenvalue weighted by molar-refractivity contribution is -0.138. The minimum atomic E-state index is -1.35. The number of carbonyl (C=O) groups excluding carboxylic acids is 1. The molecule has 162 valence electrons. The predicted octanol–water partition coefficient (Wildman–Crippen LogP) is 2.55. The molecule has 13 heteroatoms. The number of carboxylic acids is 2. The number of amides is 2. The maximum Gasteiger partial charge on any atom is 0.356 e. The maximum atomic E-state index is 10.5. The summed E-state index contributed by atoms with van der Waals surface area (Å²) >= 11 is 0. The molecule has 0 heterocycles. The third-order valence-electron chi connectivity index (χ3n) is 3.30. The van der Waals surface area contributed by atoms with Crippen molar-refractivity contribution in [3.05, 3.63) is 0 Å². The first-order valence-corrected chi connectivity index (χ1v) is 8.48.